The van der Waals surface area contributed by atoms with Gasteiger partial charge in [0.05, 0.1) is 0 Å². The van der Waals surface area contributed by atoms with Gasteiger partial charge in [0, 0.05) is 19.3 Å². The Morgan fingerprint density at radius 3 is 2.16 bits per heavy atom. The largest absolute Gasteiger partial charge is 0.298 e. The van der Waals surface area contributed by atoms with Crippen molar-refractivity contribution in [3.63, 3.8) is 0 Å². The van der Waals surface area contributed by atoms with Gasteiger partial charge < -0.3 is 0 Å². The number of hydrogen-bond donors (Lipinski definition) is 0. The van der Waals surface area contributed by atoms with Gasteiger partial charge >= 0.3 is 0 Å². The van der Waals surface area contributed by atoms with E-state index in [4.69, 9.17) is 0 Å². The van der Waals surface area contributed by atoms with Gasteiger partial charge in [-0.3, -0.25) is 14.4 Å². The highest BCUT2D eigenvalue weighted by Crippen LogP contribution is 2.32. The molecule has 0 saturated heterocycles. The van der Waals surface area contributed by atoms with E-state index in [1.54, 1.807) is 18.2 Å². The normalized spacial score (nSPS) is 20.5. The summed E-state index contributed by atoms with van der Waals surface area (Å²) < 4.78 is 13.6. The first-order chi connectivity index (χ1) is 12.1. The zero-order valence-electron chi connectivity index (χ0n) is 13.8. The van der Waals surface area contributed by atoms with Crippen molar-refractivity contribution in [2.24, 2.45) is 5.92 Å². The van der Waals surface area contributed by atoms with E-state index in [0.29, 0.717) is 5.56 Å². The molecule has 3 rings (SSSR count). The molecule has 25 heavy (non-hydrogen) atoms. The van der Waals surface area contributed by atoms with Crippen molar-refractivity contribution in [1.29, 1.82) is 0 Å². The van der Waals surface area contributed by atoms with Gasteiger partial charge in [-0.25, -0.2) is 4.39 Å². The number of benzene rings is 2. The minimum Gasteiger partial charge on any atom is -0.298 e. The standard InChI is InChI=1S/C21H19FO3/c22-17-9-5-4-8-15(17)10-11-18(23)21-19(24)12-16(13-20(21)25)14-6-2-1-3-7-14/h1-9,16,21H,10-13H2. The van der Waals surface area contributed by atoms with E-state index in [-0.39, 0.29) is 49.0 Å². The number of ketones is 3. The summed E-state index contributed by atoms with van der Waals surface area (Å²) >= 11 is 0. The van der Waals surface area contributed by atoms with Gasteiger partial charge in [-0.05, 0) is 29.5 Å². The number of Topliss-reactive ketones (excluding diaryl/α,β-unsaturated/α-hetero) is 3. The quantitative estimate of drug-likeness (QED) is 0.782. The van der Waals surface area contributed by atoms with E-state index in [9.17, 15) is 18.8 Å². The number of carbonyl (C=O) groups is 3. The van der Waals surface area contributed by atoms with E-state index in [1.165, 1.54) is 6.07 Å². The van der Waals surface area contributed by atoms with Crippen molar-refractivity contribution < 1.29 is 18.8 Å². The third-order valence-corrected chi connectivity index (χ3v) is 4.73. The lowest BCUT2D eigenvalue weighted by atomic mass is 9.74. The van der Waals surface area contributed by atoms with E-state index < -0.39 is 11.7 Å². The molecule has 1 aliphatic rings. The number of hydrogen-bond acceptors (Lipinski definition) is 3. The maximum Gasteiger partial charge on any atom is 0.151 e. The molecule has 1 fully saturated rings. The highest BCUT2D eigenvalue weighted by molar-refractivity contribution is 6.21. The van der Waals surface area contributed by atoms with Crippen LogP contribution >= 0.6 is 0 Å². The Kier molecular flexibility index (Phi) is 5.17. The van der Waals surface area contributed by atoms with Crippen LogP contribution in [0, 0.1) is 11.7 Å². The second-order valence-corrected chi connectivity index (χ2v) is 6.44. The van der Waals surface area contributed by atoms with Gasteiger partial charge in [-0.1, -0.05) is 48.5 Å². The molecule has 0 radical (unpaired) electrons. The SMILES string of the molecule is O=C(CCc1ccccc1F)C1C(=O)CC(c2ccccc2)CC1=O. The van der Waals surface area contributed by atoms with Gasteiger partial charge in [0.2, 0.25) is 0 Å². The molecule has 0 heterocycles. The van der Waals surface area contributed by atoms with Crippen LogP contribution in [0.15, 0.2) is 54.6 Å². The van der Waals surface area contributed by atoms with Crippen LogP contribution in [0.25, 0.3) is 0 Å². The maximum atomic E-state index is 13.6. The number of carbonyl (C=O) groups excluding carboxylic acids is 3. The lowest BCUT2D eigenvalue weighted by Gasteiger charge is -2.26. The van der Waals surface area contributed by atoms with Crippen LogP contribution in [0.1, 0.15) is 36.3 Å². The molecular formula is C21H19FO3. The van der Waals surface area contributed by atoms with E-state index in [1.807, 2.05) is 30.3 Å². The Balaban J connectivity index is 1.65. The van der Waals surface area contributed by atoms with Gasteiger partial charge in [0.1, 0.15) is 11.7 Å². The van der Waals surface area contributed by atoms with Crippen LogP contribution in [0.2, 0.25) is 0 Å². The van der Waals surface area contributed by atoms with Gasteiger partial charge in [-0.15, -0.1) is 0 Å². The summed E-state index contributed by atoms with van der Waals surface area (Å²) in [5, 5.41) is 0. The molecule has 128 valence electrons. The fraction of sp³-hybridized carbons (Fsp3) is 0.286. The molecule has 0 spiro atoms. The first kappa shape index (κ1) is 17.2. The van der Waals surface area contributed by atoms with Crippen LogP contribution in [0.4, 0.5) is 4.39 Å². The summed E-state index contributed by atoms with van der Waals surface area (Å²) in [5.74, 6) is -2.73. The van der Waals surface area contributed by atoms with Crippen molar-refractivity contribution in [3.05, 3.63) is 71.5 Å². The van der Waals surface area contributed by atoms with Crippen LogP contribution < -0.4 is 0 Å². The first-order valence-corrected chi connectivity index (χ1v) is 8.42. The summed E-state index contributed by atoms with van der Waals surface area (Å²) in [6.45, 7) is 0. The predicted octanol–water partition coefficient (Wildman–Crippen LogP) is 3.66. The lowest BCUT2D eigenvalue weighted by molar-refractivity contribution is -0.142. The summed E-state index contributed by atoms with van der Waals surface area (Å²) in [6.07, 6.45) is 0.599. The fourth-order valence-electron chi connectivity index (χ4n) is 3.40. The number of rotatable bonds is 5. The molecule has 1 saturated carbocycles. The third-order valence-electron chi connectivity index (χ3n) is 4.73. The molecule has 1 aliphatic carbocycles. The average Bonchev–Trinajstić information content (AvgIpc) is 2.61. The van der Waals surface area contributed by atoms with Crippen molar-refractivity contribution >= 4 is 17.3 Å². The second kappa shape index (κ2) is 7.51. The molecule has 0 N–H and O–H groups in total. The minimum atomic E-state index is -1.17. The van der Waals surface area contributed by atoms with E-state index >= 15 is 0 Å². The Morgan fingerprint density at radius 1 is 0.920 bits per heavy atom. The highest BCUT2D eigenvalue weighted by atomic mass is 19.1. The monoisotopic (exact) mass is 338 g/mol. The molecule has 0 bridgehead atoms. The van der Waals surface area contributed by atoms with Crippen molar-refractivity contribution in [3.8, 4) is 0 Å². The molecule has 0 amide bonds. The van der Waals surface area contributed by atoms with Crippen LogP contribution in [-0.4, -0.2) is 17.3 Å². The second-order valence-electron chi connectivity index (χ2n) is 6.44. The summed E-state index contributed by atoms with van der Waals surface area (Å²) in [4.78, 5) is 37.2. The minimum absolute atomic E-state index is 0.000909. The van der Waals surface area contributed by atoms with Gasteiger partial charge in [-0.2, -0.15) is 0 Å². The molecular weight excluding hydrogens is 319 g/mol. The zero-order valence-corrected chi connectivity index (χ0v) is 13.8. The lowest BCUT2D eigenvalue weighted by Crippen LogP contribution is -2.38. The summed E-state index contributed by atoms with van der Waals surface area (Å²) in [6, 6.07) is 15.6. The van der Waals surface area contributed by atoms with Crippen LogP contribution in [-0.2, 0) is 20.8 Å². The zero-order chi connectivity index (χ0) is 17.8. The summed E-state index contributed by atoms with van der Waals surface area (Å²) in [7, 11) is 0. The fourth-order valence-corrected chi connectivity index (χ4v) is 3.40. The van der Waals surface area contributed by atoms with E-state index in [2.05, 4.69) is 0 Å². The number of aryl methyl sites for hydroxylation is 1. The number of halogens is 1. The molecule has 2 aromatic carbocycles. The van der Waals surface area contributed by atoms with Crippen molar-refractivity contribution in [2.75, 3.05) is 0 Å². The average molecular weight is 338 g/mol. The van der Waals surface area contributed by atoms with Crippen LogP contribution in [0.5, 0.6) is 0 Å². The Bertz CT molecular complexity index is 780. The third kappa shape index (κ3) is 3.90. The molecule has 4 heteroatoms. The topological polar surface area (TPSA) is 51.2 Å². The maximum absolute atomic E-state index is 13.6. The Morgan fingerprint density at radius 2 is 1.52 bits per heavy atom. The Labute approximate surface area is 145 Å². The molecule has 2 aromatic rings. The molecule has 0 aliphatic heterocycles. The van der Waals surface area contributed by atoms with Gasteiger partial charge in [0.15, 0.2) is 17.3 Å². The predicted molar refractivity (Wildman–Crippen MR) is 91.6 cm³/mol. The molecule has 0 unspecified atom stereocenters. The van der Waals surface area contributed by atoms with Crippen molar-refractivity contribution in [1.82, 2.24) is 0 Å². The smallest absolute Gasteiger partial charge is 0.151 e. The Hall–Kier alpha value is -2.62. The van der Waals surface area contributed by atoms with Crippen molar-refractivity contribution in [2.45, 2.75) is 31.6 Å². The van der Waals surface area contributed by atoms with Gasteiger partial charge in [0.25, 0.3) is 0 Å². The van der Waals surface area contributed by atoms with E-state index in [0.717, 1.165) is 5.56 Å². The van der Waals surface area contributed by atoms with Crippen LogP contribution in [0.3, 0.4) is 0 Å². The summed E-state index contributed by atoms with van der Waals surface area (Å²) in [5.41, 5.74) is 1.37. The molecule has 0 atom stereocenters. The molecule has 0 aromatic heterocycles. The first-order valence-electron chi connectivity index (χ1n) is 8.42. The molecule has 3 nitrogen and oxygen atoms in total. The highest BCUT2D eigenvalue weighted by Gasteiger charge is 2.39.